The monoisotopic (exact) mass is 225 g/mol. The minimum absolute atomic E-state index is 0.310. The summed E-state index contributed by atoms with van der Waals surface area (Å²) < 4.78 is 10.7. The van der Waals surface area contributed by atoms with Crippen molar-refractivity contribution in [3.8, 4) is 12.3 Å². The van der Waals surface area contributed by atoms with Crippen molar-refractivity contribution in [2.75, 3.05) is 19.7 Å². The van der Waals surface area contributed by atoms with E-state index in [4.69, 9.17) is 15.9 Å². The van der Waals surface area contributed by atoms with Gasteiger partial charge in [-0.15, -0.1) is 6.42 Å². The summed E-state index contributed by atoms with van der Waals surface area (Å²) in [4.78, 5) is 13.4. The Morgan fingerprint density at radius 1 is 1.69 bits per heavy atom. The molecule has 4 nitrogen and oxygen atoms in total. The molecule has 0 spiro atoms. The highest BCUT2D eigenvalue weighted by Crippen LogP contribution is 2.16. The average molecular weight is 225 g/mol. The van der Waals surface area contributed by atoms with Gasteiger partial charge in [-0.05, 0) is 20.3 Å². The SMILES string of the molecule is C#CC1CN(C(=O)OC(C)(C)CC)CCO1. The molecule has 0 radical (unpaired) electrons. The molecule has 1 amide bonds. The second kappa shape index (κ2) is 5.22. The summed E-state index contributed by atoms with van der Waals surface area (Å²) in [5, 5.41) is 0. The Morgan fingerprint density at radius 3 is 2.94 bits per heavy atom. The number of hydrogen-bond donors (Lipinski definition) is 0. The minimum Gasteiger partial charge on any atom is -0.443 e. The van der Waals surface area contributed by atoms with E-state index in [-0.39, 0.29) is 12.2 Å². The number of nitrogens with zero attached hydrogens (tertiary/aromatic N) is 1. The van der Waals surface area contributed by atoms with Crippen molar-refractivity contribution in [1.82, 2.24) is 4.90 Å². The van der Waals surface area contributed by atoms with Crippen molar-refractivity contribution in [1.29, 1.82) is 0 Å². The van der Waals surface area contributed by atoms with Crippen LogP contribution in [0.3, 0.4) is 0 Å². The van der Waals surface area contributed by atoms with E-state index >= 15 is 0 Å². The van der Waals surface area contributed by atoms with Gasteiger partial charge in [0.15, 0.2) is 0 Å². The molecule has 1 rings (SSSR count). The van der Waals surface area contributed by atoms with Gasteiger partial charge in [0.1, 0.15) is 11.7 Å². The summed E-state index contributed by atoms with van der Waals surface area (Å²) >= 11 is 0. The van der Waals surface area contributed by atoms with Gasteiger partial charge in [-0.25, -0.2) is 4.79 Å². The third kappa shape index (κ3) is 3.42. The molecule has 0 aromatic rings. The summed E-state index contributed by atoms with van der Waals surface area (Å²) in [5.41, 5.74) is -0.430. The first-order chi connectivity index (χ1) is 7.48. The van der Waals surface area contributed by atoms with E-state index in [9.17, 15) is 4.79 Å². The van der Waals surface area contributed by atoms with Crippen LogP contribution in [0.25, 0.3) is 0 Å². The predicted octanol–water partition coefficient (Wildman–Crippen LogP) is 1.65. The number of hydrogen-bond acceptors (Lipinski definition) is 3. The lowest BCUT2D eigenvalue weighted by Gasteiger charge is -2.33. The highest BCUT2D eigenvalue weighted by molar-refractivity contribution is 5.68. The summed E-state index contributed by atoms with van der Waals surface area (Å²) in [6, 6.07) is 0. The predicted molar refractivity (Wildman–Crippen MR) is 61.0 cm³/mol. The summed E-state index contributed by atoms with van der Waals surface area (Å²) in [6.45, 7) is 7.19. The third-order valence-corrected chi connectivity index (χ3v) is 2.73. The lowest BCUT2D eigenvalue weighted by atomic mass is 10.1. The van der Waals surface area contributed by atoms with Crippen LogP contribution in [0, 0.1) is 12.3 Å². The number of carbonyl (C=O) groups excluding carboxylic acids is 1. The molecule has 1 saturated heterocycles. The van der Waals surface area contributed by atoms with Gasteiger partial charge in [-0.2, -0.15) is 0 Å². The van der Waals surface area contributed by atoms with Gasteiger partial charge >= 0.3 is 6.09 Å². The maximum atomic E-state index is 11.8. The Balaban J connectivity index is 2.51. The molecule has 0 bridgehead atoms. The van der Waals surface area contributed by atoms with E-state index < -0.39 is 5.60 Å². The van der Waals surface area contributed by atoms with Crippen LogP contribution < -0.4 is 0 Å². The van der Waals surface area contributed by atoms with Crippen LogP contribution in [-0.2, 0) is 9.47 Å². The quantitative estimate of drug-likeness (QED) is 0.671. The molecule has 4 heteroatoms. The zero-order valence-electron chi connectivity index (χ0n) is 10.2. The van der Waals surface area contributed by atoms with Gasteiger partial charge in [-0.3, -0.25) is 0 Å². The number of rotatable bonds is 2. The normalized spacial score (nSPS) is 21.4. The Bertz CT molecular complexity index is 293. The van der Waals surface area contributed by atoms with E-state index in [0.717, 1.165) is 6.42 Å². The van der Waals surface area contributed by atoms with Crippen LogP contribution in [0.5, 0.6) is 0 Å². The number of amides is 1. The van der Waals surface area contributed by atoms with Gasteiger partial charge in [0, 0.05) is 6.54 Å². The molecule has 1 atom stereocenters. The van der Waals surface area contributed by atoms with Crippen LogP contribution in [0.2, 0.25) is 0 Å². The van der Waals surface area contributed by atoms with E-state index in [0.29, 0.717) is 19.7 Å². The fraction of sp³-hybridized carbons (Fsp3) is 0.750. The Morgan fingerprint density at radius 2 is 2.38 bits per heavy atom. The molecule has 90 valence electrons. The second-order valence-corrected chi connectivity index (χ2v) is 4.45. The number of carbonyl (C=O) groups is 1. The summed E-state index contributed by atoms with van der Waals surface area (Å²) in [5.74, 6) is 2.49. The zero-order chi connectivity index (χ0) is 12.2. The van der Waals surface area contributed by atoms with Gasteiger partial charge < -0.3 is 14.4 Å². The Kier molecular flexibility index (Phi) is 4.19. The number of terminal acetylenes is 1. The van der Waals surface area contributed by atoms with Crippen LogP contribution in [0.15, 0.2) is 0 Å². The van der Waals surface area contributed by atoms with E-state index in [1.165, 1.54) is 0 Å². The molecule has 0 aromatic heterocycles. The van der Waals surface area contributed by atoms with Crippen molar-refractivity contribution >= 4 is 6.09 Å². The highest BCUT2D eigenvalue weighted by atomic mass is 16.6. The van der Waals surface area contributed by atoms with Crippen molar-refractivity contribution in [2.24, 2.45) is 0 Å². The molecule has 0 aliphatic carbocycles. The minimum atomic E-state index is -0.430. The van der Waals surface area contributed by atoms with E-state index in [1.54, 1.807) is 4.90 Å². The fourth-order valence-electron chi connectivity index (χ4n) is 1.29. The molecular weight excluding hydrogens is 206 g/mol. The fourth-order valence-corrected chi connectivity index (χ4v) is 1.29. The zero-order valence-corrected chi connectivity index (χ0v) is 10.2. The number of morpholine rings is 1. The molecule has 1 aliphatic rings. The van der Waals surface area contributed by atoms with Crippen molar-refractivity contribution in [3.63, 3.8) is 0 Å². The van der Waals surface area contributed by atoms with Gasteiger partial charge in [0.05, 0.1) is 13.2 Å². The van der Waals surface area contributed by atoms with Crippen LogP contribution >= 0.6 is 0 Å². The van der Waals surface area contributed by atoms with E-state index in [1.807, 2.05) is 20.8 Å². The molecular formula is C12H19NO3. The molecule has 1 unspecified atom stereocenters. The lowest BCUT2D eigenvalue weighted by molar-refractivity contribution is -0.0294. The summed E-state index contributed by atoms with van der Waals surface area (Å²) in [6.07, 6.45) is 5.42. The Labute approximate surface area is 96.9 Å². The van der Waals surface area contributed by atoms with Crippen molar-refractivity contribution in [3.05, 3.63) is 0 Å². The molecule has 0 N–H and O–H groups in total. The lowest BCUT2D eigenvalue weighted by Crippen LogP contribution is -2.47. The smallest absolute Gasteiger partial charge is 0.410 e. The van der Waals surface area contributed by atoms with Crippen molar-refractivity contribution in [2.45, 2.75) is 38.9 Å². The van der Waals surface area contributed by atoms with E-state index in [2.05, 4.69) is 5.92 Å². The second-order valence-electron chi connectivity index (χ2n) is 4.45. The summed E-state index contributed by atoms with van der Waals surface area (Å²) in [7, 11) is 0. The molecule has 1 aliphatic heterocycles. The van der Waals surface area contributed by atoms with Gasteiger partial charge in [0.25, 0.3) is 0 Å². The number of ether oxygens (including phenoxy) is 2. The third-order valence-electron chi connectivity index (χ3n) is 2.73. The van der Waals surface area contributed by atoms with Crippen LogP contribution in [-0.4, -0.2) is 42.4 Å². The average Bonchev–Trinajstić information content (AvgIpc) is 2.28. The molecule has 0 aromatic carbocycles. The Hall–Kier alpha value is -1.21. The first-order valence-electron chi connectivity index (χ1n) is 5.54. The standard InChI is InChI=1S/C12H19NO3/c1-5-10-9-13(7-8-15-10)11(14)16-12(3,4)6-2/h1,10H,6-9H2,2-4H3. The van der Waals surface area contributed by atoms with Gasteiger partial charge in [-0.1, -0.05) is 12.8 Å². The van der Waals surface area contributed by atoms with Crippen LogP contribution in [0.4, 0.5) is 4.79 Å². The van der Waals surface area contributed by atoms with Gasteiger partial charge in [0.2, 0.25) is 0 Å². The largest absolute Gasteiger partial charge is 0.443 e. The van der Waals surface area contributed by atoms with Crippen LogP contribution in [0.1, 0.15) is 27.2 Å². The molecule has 1 fully saturated rings. The molecule has 16 heavy (non-hydrogen) atoms. The molecule has 0 saturated carbocycles. The maximum absolute atomic E-state index is 11.8. The highest BCUT2D eigenvalue weighted by Gasteiger charge is 2.28. The first kappa shape index (κ1) is 12.9. The maximum Gasteiger partial charge on any atom is 0.410 e. The molecule has 1 heterocycles. The topological polar surface area (TPSA) is 38.8 Å². The van der Waals surface area contributed by atoms with Crippen molar-refractivity contribution < 1.29 is 14.3 Å². The first-order valence-corrected chi connectivity index (χ1v) is 5.54.